The first kappa shape index (κ1) is 17.3. The lowest BCUT2D eigenvalue weighted by Crippen LogP contribution is -2.49. The van der Waals surface area contributed by atoms with Crippen LogP contribution >= 0.6 is 11.6 Å². The molecule has 2 atom stereocenters. The highest BCUT2D eigenvalue weighted by Gasteiger charge is 2.56. The van der Waals surface area contributed by atoms with Crippen molar-refractivity contribution < 1.29 is 14.0 Å². The van der Waals surface area contributed by atoms with Crippen molar-refractivity contribution in [2.45, 2.75) is 38.4 Å². The maximum Gasteiger partial charge on any atom is 0.268 e. The summed E-state index contributed by atoms with van der Waals surface area (Å²) in [6, 6.07) is 6.42. The van der Waals surface area contributed by atoms with E-state index in [1.54, 1.807) is 30.0 Å². The van der Waals surface area contributed by atoms with Gasteiger partial charge in [-0.15, -0.1) is 0 Å². The number of amides is 2. The Morgan fingerprint density at radius 3 is 2.69 bits per heavy atom. The summed E-state index contributed by atoms with van der Waals surface area (Å²) < 4.78 is 13.4. The number of alkyl halides is 1. The molecule has 4 rings (SSSR count). The Balaban J connectivity index is 1.38. The first-order valence-electron chi connectivity index (χ1n) is 8.90. The van der Waals surface area contributed by atoms with Gasteiger partial charge in [-0.2, -0.15) is 0 Å². The number of halogens is 2. The molecule has 1 aromatic carbocycles. The molecule has 0 bridgehead atoms. The van der Waals surface area contributed by atoms with Gasteiger partial charge in [0.1, 0.15) is 17.9 Å². The van der Waals surface area contributed by atoms with Gasteiger partial charge in [0.25, 0.3) is 5.91 Å². The lowest BCUT2D eigenvalue weighted by Gasteiger charge is -2.33. The second kappa shape index (κ2) is 6.27. The zero-order valence-corrected chi connectivity index (χ0v) is 15.3. The highest BCUT2D eigenvalue weighted by molar-refractivity contribution is 6.31. The van der Waals surface area contributed by atoms with Gasteiger partial charge in [0.05, 0.1) is 0 Å². The molecule has 5 nitrogen and oxygen atoms in total. The van der Waals surface area contributed by atoms with Gasteiger partial charge >= 0.3 is 0 Å². The van der Waals surface area contributed by atoms with Crippen molar-refractivity contribution in [3.8, 4) is 0 Å². The van der Waals surface area contributed by atoms with E-state index >= 15 is 0 Å². The fraction of sp³-hybridized carbons (Fsp3) is 0.474. The molecule has 2 unspecified atom stereocenters. The van der Waals surface area contributed by atoms with Crippen LogP contribution < -0.4 is 5.32 Å². The first-order valence-corrected chi connectivity index (χ1v) is 9.28. The molecule has 2 fully saturated rings. The fourth-order valence-electron chi connectivity index (χ4n) is 3.82. The van der Waals surface area contributed by atoms with E-state index in [2.05, 4.69) is 10.3 Å². The number of fused-ring (bicyclic) bond motifs is 1. The highest BCUT2D eigenvalue weighted by Crippen LogP contribution is 2.55. The van der Waals surface area contributed by atoms with Crippen molar-refractivity contribution in [3.63, 3.8) is 0 Å². The van der Waals surface area contributed by atoms with E-state index in [0.29, 0.717) is 43.1 Å². The molecule has 0 radical (unpaired) electrons. The largest absolute Gasteiger partial charge is 0.351 e. The van der Waals surface area contributed by atoms with Crippen molar-refractivity contribution in [3.05, 3.63) is 35.0 Å². The van der Waals surface area contributed by atoms with Crippen molar-refractivity contribution in [1.29, 1.82) is 0 Å². The first-order chi connectivity index (χ1) is 12.4. The number of H-pyrrole nitrogens is 1. The van der Waals surface area contributed by atoms with Crippen LogP contribution in [0.25, 0.3) is 10.9 Å². The molecule has 1 saturated carbocycles. The summed E-state index contributed by atoms with van der Waals surface area (Å²) in [5.74, 6) is -0.457. The van der Waals surface area contributed by atoms with E-state index in [1.807, 2.05) is 6.07 Å². The topological polar surface area (TPSA) is 65.2 Å². The summed E-state index contributed by atoms with van der Waals surface area (Å²) in [5, 5.41) is 4.18. The Bertz CT molecular complexity index is 873. The van der Waals surface area contributed by atoms with Crippen molar-refractivity contribution in [2.75, 3.05) is 13.1 Å². The van der Waals surface area contributed by atoms with Crippen LogP contribution in [0, 0.1) is 5.41 Å². The minimum atomic E-state index is -0.701. The Morgan fingerprint density at radius 1 is 1.35 bits per heavy atom. The summed E-state index contributed by atoms with van der Waals surface area (Å²) in [6.45, 7) is 2.80. The average molecular weight is 378 g/mol. The van der Waals surface area contributed by atoms with Crippen molar-refractivity contribution in [2.24, 2.45) is 5.41 Å². The molecule has 1 aliphatic carbocycles. The second-order valence-corrected chi connectivity index (χ2v) is 7.91. The van der Waals surface area contributed by atoms with Gasteiger partial charge in [0.2, 0.25) is 5.91 Å². The maximum absolute atomic E-state index is 13.4. The van der Waals surface area contributed by atoms with Crippen molar-refractivity contribution in [1.82, 2.24) is 15.2 Å². The fourth-order valence-corrected chi connectivity index (χ4v) is 4.00. The highest BCUT2D eigenvalue weighted by atomic mass is 35.5. The van der Waals surface area contributed by atoms with Gasteiger partial charge in [-0.3, -0.25) is 9.59 Å². The third kappa shape index (κ3) is 3.07. The zero-order valence-electron chi connectivity index (χ0n) is 14.5. The Kier molecular flexibility index (Phi) is 4.18. The molecular formula is C19H21ClFN3O2. The predicted octanol–water partition coefficient (Wildman–Crippen LogP) is 3.29. The summed E-state index contributed by atoms with van der Waals surface area (Å²) in [7, 11) is 0. The number of rotatable bonds is 3. The van der Waals surface area contributed by atoms with Gasteiger partial charge in [-0.25, -0.2) is 4.39 Å². The normalized spacial score (nSPS) is 22.4. The van der Waals surface area contributed by atoms with Crippen LogP contribution in [-0.4, -0.2) is 47.0 Å². The van der Waals surface area contributed by atoms with E-state index in [1.165, 1.54) is 0 Å². The van der Waals surface area contributed by atoms with Gasteiger partial charge in [0.15, 0.2) is 0 Å². The summed E-state index contributed by atoms with van der Waals surface area (Å²) in [5.41, 5.74) is 1.03. The van der Waals surface area contributed by atoms with Gasteiger partial charge in [0, 0.05) is 34.4 Å². The van der Waals surface area contributed by atoms with Crippen LogP contribution in [0.15, 0.2) is 24.3 Å². The average Bonchev–Trinajstić information content (AvgIpc) is 3.05. The second-order valence-electron chi connectivity index (χ2n) is 7.47. The molecule has 2 amide bonds. The Morgan fingerprint density at radius 2 is 2.04 bits per heavy atom. The van der Waals surface area contributed by atoms with Crippen molar-refractivity contribution >= 4 is 34.3 Å². The lowest BCUT2D eigenvalue weighted by molar-refractivity contribution is -0.134. The number of aromatic nitrogens is 1. The summed E-state index contributed by atoms with van der Waals surface area (Å²) in [4.78, 5) is 29.8. The van der Waals surface area contributed by atoms with E-state index in [0.717, 1.165) is 10.9 Å². The number of carbonyl (C=O) groups excluding carboxylic acids is 2. The predicted molar refractivity (Wildman–Crippen MR) is 98.0 cm³/mol. The number of nitrogens with zero attached hydrogens (tertiary/aromatic N) is 1. The SMILES string of the molecule is CC(NC(=O)c1cc2cc(Cl)ccc2[nH]1)C(=O)N1CCC2(CC1)CC2F. The smallest absolute Gasteiger partial charge is 0.268 e. The van der Waals surface area contributed by atoms with Crippen LogP contribution in [0.3, 0.4) is 0 Å². The molecule has 138 valence electrons. The van der Waals surface area contributed by atoms with Gasteiger partial charge < -0.3 is 15.2 Å². The third-order valence-electron chi connectivity index (χ3n) is 5.71. The number of hydrogen-bond donors (Lipinski definition) is 2. The Labute approximate surface area is 155 Å². The number of aromatic amines is 1. The molecule has 2 aliphatic rings. The summed E-state index contributed by atoms with van der Waals surface area (Å²) >= 11 is 5.96. The standard InChI is InChI=1S/C19H21ClFN3O2/c1-11(18(26)24-6-4-19(5-7-24)10-16(19)21)22-17(25)15-9-12-8-13(20)2-3-14(12)23-15/h2-3,8-9,11,16,23H,4-7,10H2,1H3,(H,22,25). The maximum atomic E-state index is 13.4. The third-order valence-corrected chi connectivity index (χ3v) is 5.94. The van der Waals surface area contributed by atoms with E-state index in [9.17, 15) is 14.0 Å². The molecule has 2 N–H and O–H groups in total. The van der Waals surface area contributed by atoms with Crippen LogP contribution in [0.4, 0.5) is 4.39 Å². The number of likely N-dealkylation sites (tertiary alicyclic amines) is 1. The lowest BCUT2D eigenvalue weighted by atomic mass is 9.93. The Hall–Kier alpha value is -2.08. The van der Waals surface area contributed by atoms with Gasteiger partial charge in [-0.05, 0) is 50.5 Å². The van der Waals surface area contributed by atoms with E-state index in [4.69, 9.17) is 11.6 Å². The molecule has 1 spiro atoms. The molecule has 26 heavy (non-hydrogen) atoms. The van der Waals surface area contributed by atoms with E-state index < -0.39 is 12.2 Å². The minimum absolute atomic E-state index is 0.122. The molecule has 1 saturated heterocycles. The van der Waals surface area contributed by atoms with Crippen LogP contribution in [0.5, 0.6) is 0 Å². The van der Waals surface area contributed by atoms with Crippen LogP contribution in [0.1, 0.15) is 36.7 Å². The minimum Gasteiger partial charge on any atom is -0.351 e. The quantitative estimate of drug-likeness (QED) is 0.862. The van der Waals surface area contributed by atoms with Crippen LogP contribution in [-0.2, 0) is 4.79 Å². The zero-order chi connectivity index (χ0) is 18.5. The molecular weight excluding hydrogens is 357 g/mol. The number of hydrogen-bond acceptors (Lipinski definition) is 2. The molecule has 2 aromatic rings. The number of carbonyl (C=O) groups is 2. The van der Waals surface area contributed by atoms with Gasteiger partial charge in [-0.1, -0.05) is 11.6 Å². The molecule has 7 heteroatoms. The summed E-state index contributed by atoms with van der Waals surface area (Å²) in [6.07, 6.45) is 1.35. The molecule has 2 heterocycles. The number of nitrogens with one attached hydrogen (secondary N) is 2. The number of benzene rings is 1. The molecule has 1 aliphatic heterocycles. The van der Waals surface area contributed by atoms with E-state index in [-0.39, 0.29) is 17.2 Å². The number of piperidine rings is 1. The monoisotopic (exact) mass is 377 g/mol. The molecule has 1 aromatic heterocycles. The van der Waals surface area contributed by atoms with Crippen LogP contribution in [0.2, 0.25) is 5.02 Å².